The molecule has 1 aliphatic rings. The van der Waals surface area contributed by atoms with Gasteiger partial charge in [0.1, 0.15) is 5.60 Å². The Hall–Kier alpha value is -3.35. The van der Waals surface area contributed by atoms with Gasteiger partial charge in [-0.3, -0.25) is 0 Å². The molecule has 0 bridgehead atoms. The summed E-state index contributed by atoms with van der Waals surface area (Å²) in [4.78, 5) is 13.1. The molecule has 0 fully saturated rings. The number of allylic oxidation sites excluding steroid dienone is 1. The molecule has 0 amide bonds. The summed E-state index contributed by atoms with van der Waals surface area (Å²) in [6.45, 7) is 5.49. The second-order valence-electron chi connectivity index (χ2n) is 8.57. The van der Waals surface area contributed by atoms with Gasteiger partial charge in [-0.15, -0.1) is 0 Å². The second kappa shape index (κ2) is 9.02. The molecule has 1 atom stereocenters. The van der Waals surface area contributed by atoms with Gasteiger partial charge in [-0.05, 0) is 61.7 Å². The van der Waals surface area contributed by atoms with Gasteiger partial charge in [-0.25, -0.2) is 4.79 Å². The van der Waals surface area contributed by atoms with Gasteiger partial charge in [-0.1, -0.05) is 6.07 Å². The first-order valence-corrected chi connectivity index (χ1v) is 10.3. The van der Waals surface area contributed by atoms with Gasteiger partial charge in [0.15, 0.2) is 23.0 Å². The van der Waals surface area contributed by atoms with Crippen molar-refractivity contribution >= 4 is 5.97 Å². The fraction of sp³-hybridized carbons (Fsp3) is 0.400. The maximum absolute atomic E-state index is 13.1. The van der Waals surface area contributed by atoms with Crippen LogP contribution in [-0.4, -0.2) is 40.0 Å². The molecular weight excluding hydrogens is 410 g/mol. The van der Waals surface area contributed by atoms with Crippen molar-refractivity contribution in [3.05, 3.63) is 58.3 Å². The van der Waals surface area contributed by atoms with E-state index in [0.717, 1.165) is 16.7 Å². The monoisotopic (exact) mass is 441 g/mol. The molecule has 0 heterocycles. The van der Waals surface area contributed by atoms with E-state index in [4.69, 9.17) is 29.4 Å². The zero-order valence-corrected chi connectivity index (χ0v) is 19.7. The van der Waals surface area contributed by atoms with Gasteiger partial charge in [0, 0.05) is 18.0 Å². The first-order chi connectivity index (χ1) is 15.1. The maximum Gasteiger partial charge on any atom is 0.336 e. The number of hydrogen-bond acceptors (Lipinski definition) is 7. The van der Waals surface area contributed by atoms with Crippen LogP contribution in [0.1, 0.15) is 43.4 Å². The minimum absolute atomic E-state index is 0.334. The molecule has 172 valence electrons. The van der Waals surface area contributed by atoms with E-state index in [-0.39, 0.29) is 0 Å². The van der Waals surface area contributed by atoms with E-state index < -0.39 is 17.5 Å². The fourth-order valence-electron chi connectivity index (χ4n) is 3.91. The Morgan fingerprint density at radius 1 is 0.875 bits per heavy atom. The van der Waals surface area contributed by atoms with Crippen LogP contribution in [-0.2, 0) is 16.0 Å². The zero-order chi connectivity index (χ0) is 23.6. The average Bonchev–Trinajstić information content (AvgIpc) is 2.76. The Morgan fingerprint density at radius 3 is 2.00 bits per heavy atom. The Morgan fingerprint density at radius 2 is 1.44 bits per heavy atom. The molecule has 1 unspecified atom stereocenters. The maximum atomic E-state index is 13.1. The largest absolute Gasteiger partial charge is 0.493 e. The van der Waals surface area contributed by atoms with Crippen molar-refractivity contribution in [3.8, 4) is 23.0 Å². The van der Waals surface area contributed by atoms with Crippen molar-refractivity contribution in [3.63, 3.8) is 0 Å². The summed E-state index contributed by atoms with van der Waals surface area (Å²) >= 11 is 0. The standard InChI is InChI=1S/C25H31NO6/c1-25(2,3)32-24(27)17-10-15-12-20(30-6)21(31-7)13-16(15)22(23(17)26)14-8-9-18(28-4)19(11-14)29-5/h8-9,11-13,22H,10,26H2,1-7H3. The number of nitrogens with two attached hydrogens (primary N) is 1. The predicted octanol–water partition coefficient (Wildman–Crippen LogP) is 3.96. The summed E-state index contributed by atoms with van der Waals surface area (Å²) in [6, 6.07) is 9.41. The number of rotatable bonds is 6. The van der Waals surface area contributed by atoms with Crippen molar-refractivity contribution in [2.45, 2.75) is 38.7 Å². The predicted molar refractivity (Wildman–Crippen MR) is 122 cm³/mol. The van der Waals surface area contributed by atoms with Gasteiger partial charge < -0.3 is 29.4 Å². The average molecular weight is 442 g/mol. The number of methoxy groups -OCH3 is 4. The molecule has 2 N–H and O–H groups in total. The van der Waals surface area contributed by atoms with E-state index in [9.17, 15) is 4.79 Å². The minimum Gasteiger partial charge on any atom is -0.493 e. The number of benzene rings is 2. The summed E-state index contributed by atoms with van der Waals surface area (Å²) in [5.74, 6) is 1.52. The van der Waals surface area contributed by atoms with Gasteiger partial charge in [0.05, 0.1) is 34.0 Å². The van der Waals surface area contributed by atoms with E-state index in [1.807, 2.05) is 51.1 Å². The van der Waals surface area contributed by atoms with E-state index in [2.05, 4.69) is 0 Å². The third-order valence-electron chi connectivity index (χ3n) is 5.37. The van der Waals surface area contributed by atoms with Gasteiger partial charge in [0.2, 0.25) is 0 Å². The third-order valence-corrected chi connectivity index (χ3v) is 5.37. The highest BCUT2D eigenvalue weighted by Gasteiger charge is 2.34. The molecule has 0 saturated heterocycles. The molecule has 7 heteroatoms. The molecule has 0 radical (unpaired) electrons. The summed E-state index contributed by atoms with van der Waals surface area (Å²) in [7, 11) is 6.33. The van der Waals surface area contributed by atoms with Crippen LogP contribution in [0.3, 0.4) is 0 Å². The highest BCUT2D eigenvalue weighted by molar-refractivity contribution is 5.91. The molecule has 0 aliphatic heterocycles. The number of carbonyl (C=O) groups is 1. The van der Waals surface area contributed by atoms with Gasteiger partial charge >= 0.3 is 5.97 Å². The second-order valence-corrected chi connectivity index (χ2v) is 8.57. The van der Waals surface area contributed by atoms with E-state index in [1.165, 1.54) is 0 Å². The van der Waals surface area contributed by atoms with E-state index >= 15 is 0 Å². The van der Waals surface area contributed by atoms with Crippen LogP contribution in [0.5, 0.6) is 23.0 Å². The number of fused-ring (bicyclic) bond motifs is 1. The summed E-state index contributed by atoms with van der Waals surface area (Å²) < 4.78 is 27.5. The van der Waals surface area contributed by atoms with Crippen LogP contribution in [0.25, 0.3) is 0 Å². The van der Waals surface area contributed by atoms with Crippen LogP contribution in [0.4, 0.5) is 0 Å². The van der Waals surface area contributed by atoms with E-state index in [1.54, 1.807) is 28.4 Å². The SMILES string of the molecule is COc1ccc(C2C(N)=C(C(=O)OC(C)(C)C)Cc3cc(OC)c(OC)cc32)cc1OC. The van der Waals surface area contributed by atoms with Crippen molar-refractivity contribution in [2.75, 3.05) is 28.4 Å². The topological polar surface area (TPSA) is 89.2 Å². The first kappa shape index (κ1) is 23.3. The Labute approximate surface area is 189 Å². The lowest BCUT2D eigenvalue weighted by Gasteiger charge is -2.31. The number of carbonyl (C=O) groups excluding carboxylic acids is 1. The molecule has 3 rings (SSSR count). The minimum atomic E-state index is -0.638. The van der Waals surface area contributed by atoms with Crippen molar-refractivity contribution in [1.29, 1.82) is 0 Å². The summed E-state index contributed by atoms with van der Waals surface area (Å²) in [5, 5.41) is 0. The van der Waals surface area contributed by atoms with Crippen LogP contribution in [0.2, 0.25) is 0 Å². The highest BCUT2D eigenvalue weighted by atomic mass is 16.6. The molecule has 7 nitrogen and oxygen atoms in total. The Kier molecular flexibility index (Phi) is 6.57. The van der Waals surface area contributed by atoms with Crippen molar-refractivity contribution in [2.24, 2.45) is 5.73 Å². The number of ether oxygens (including phenoxy) is 5. The normalized spacial score (nSPS) is 15.7. The van der Waals surface area contributed by atoms with Gasteiger partial charge in [0.25, 0.3) is 0 Å². The molecule has 1 aliphatic carbocycles. The first-order valence-electron chi connectivity index (χ1n) is 10.3. The Bertz CT molecular complexity index is 1050. The molecule has 0 spiro atoms. The van der Waals surface area contributed by atoms with Crippen LogP contribution in [0, 0.1) is 0 Å². The number of hydrogen-bond donors (Lipinski definition) is 1. The lowest BCUT2D eigenvalue weighted by atomic mass is 9.77. The van der Waals surface area contributed by atoms with Crippen molar-refractivity contribution < 1.29 is 28.5 Å². The molecule has 2 aromatic carbocycles. The molecular formula is C25H31NO6. The molecule has 32 heavy (non-hydrogen) atoms. The quantitative estimate of drug-likeness (QED) is 0.679. The summed E-state index contributed by atoms with van der Waals surface area (Å²) in [6.07, 6.45) is 0.334. The van der Waals surface area contributed by atoms with Crippen LogP contribution < -0.4 is 24.7 Å². The molecule has 2 aromatic rings. The lowest BCUT2D eigenvalue weighted by Crippen LogP contribution is -2.30. The molecule has 0 aromatic heterocycles. The van der Waals surface area contributed by atoms with Gasteiger partial charge in [-0.2, -0.15) is 0 Å². The third kappa shape index (κ3) is 4.47. The number of esters is 1. The van der Waals surface area contributed by atoms with Crippen molar-refractivity contribution in [1.82, 2.24) is 0 Å². The zero-order valence-electron chi connectivity index (χ0n) is 19.7. The van der Waals surface area contributed by atoms with Crippen LogP contribution in [0.15, 0.2) is 41.6 Å². The van der Waals surface area contributed by atoms with Crippen LogP contribution >= 0.6 is 0 Å². The lowest BCUT2D eigenvalue weighted by molar-refractivity contribution is -0.150. The highest BCUT2D eigenvalue weighted by Crippen LogP contribution is 2.45. The summed E-state index contributed by atoms with van der Waals surface area (Å²) in [5.41, 5.74) is 9.58. The smallest absolute Gasteiger partial charge is 0.336 e. The fourth-order valence-corrected chi connectivity index (χ4v) is 3.91. The molecule has 0 saturated carbocycles. The Balaban J connectivity index is 2.23. The van der Waals surface area contributed by atoms with E-state index in [0.29, 0.717) is 40.7 Å².